The molecule has 3 N–H and O–H groups in total. The van der Waals surface area contributed by atoms with Crippen LogP contribution in [0.15, 0.2) is 36.5 Å². The molecule has 9 nitrogen and oxygen atoms in total. The van der Waals surface area contributed by atoms with E-state index in [-0.39, 0.29) is 11.8 Å². The largest absolute Gasteiger partial charge is 0.356 e. The van der Waals surface area contributed by atoms with Gasteiger partial charge in [-0.15, -0.1) is 0 Å². The molecule has 164 valence electrons. The maximum Gasteiger partial charge on any atom is 0.259 e. The minimum atomic E-state index is -0.994. The maximum atomic E-state index is 12.5. The van der Waals surface area contributed by atoms with Crippen LogP contribution in [0.25, 0.3) is 0 Å². The fourth-order valence-corrected chi connectivity index (χ4v) is 4.04. The first-order valence-electron chi connectivity index (χ1n) is 10.5. The smallest absolute Gasteiger partial charge is 0.259 e. The molecule has 1 atom stereocenters. The Morgan fingerprint density at radius 1 is 1.23 bits per heavy atom. The number of nitrogens with zero attached hydrogens (tertiary/aromatic N) is 4. The van der Waals surface area contributed by atoms with Crippen LogP contribution in [0.1, 0.15) is 33.2 Å². The summed E-state index contributed by atoms with van der Waals surface area (Å²) in [5.74, 6) is 0.581. The number of aromatic nitrogens is 1. The van der Waals surface area contributed by atoms with E-state index < -0.39 is 6.35 Å². The summed E-state index contributed by atoms with van der Waals surface area (Å²) in [5.41, 5.74) is 2.92. The molecule has 0 aliphatic carbocycles. The lowest BCUT2D eigenvalue weighted by Gasteiger charge is -2.36. The molecule has 2 aliphatic heterocycles. The molecule has 0 saturated carbocycles. The molecule has 0 radical (unpaired) electrons. The molecular weight excluding hydrogens is 396 g/mol. The highest BCUT2D eigenvalue weighted by atomic mass is 16.3. The lowest BCUT2D eigenvalue weighted by Crippen LogP contribution is -2.48. The van der Waals surface area contributed by atoms with Gasteiger partial charge in [0, 0.05) is 52.5 Å². The third kappa shape index (κ3) is 4.33. The van der Waals surface area contributed by atoms with Gasteiger partial charge < -0.3 is 20.6 Å². The van der Waals surface area contributed by atoms with E-state index in [0.717, 1.165) is 44.1 Å². The van der Waals surface area contributed by atoms with Crippen molar-refractivity contribution in [1.82, 2.24) is 20.1 Å². The predicted octanol–water partition coefficient (Wildman–Crippen LogP) is 0.927. The molecule has 2 aliphatic rings. The number of hydrogen-bond acceptors (Lipinski definition) is 7. The molecule has 2 aromatic rings. The fourth-order valence-electron chi connectivity index (χ4n) is 4.04. The summed E-state index contributed by atoms with van der Waals surface area (Å²) in [6, 6.07) is 9.45. The van der Waals surface area contributed by atoms with E-state index in [1.54, 1.807) is 19.3 Å². The highest BCUT2D eigenvalue weighted by Crippen LogP contribution is 2.26. The second-order valence-electron chi connectivity index (χ2n) is 7.74. The maximum absolute atomic E-state index is 12.5. The molecule has 1 saturated heterocycles. The van der Waals surface area contributed by atoms with Gasteiger partial charge in [0.2, 0.25) is 6.35 Å². The number of nitrogens with one attached hydrogen (secondary N) is 2. The summed E-state index contributed by atoms with van der Waals surface area (Å²) in [5, 5.41) is 15.8. The van der Waals surface area contributed by atoms with E-state index in [2.05, 4.69) is 25.4 Å². The zero-order valence-electron chi connectivity index (χ0n) is 17.8. The van der Waals surface area contributed by atoms with Crippen molar-refractivity contribution in [2.75, 3.05) is 50.0 Å². The van der Waals surface area contributed by atoms with Crippen LogP contribution in [0, 0.1) is 0 Å². The van der Waals surface area contributed by atoms with Gasteiger partial charge in [-0.1, -0.05) is 6.07 Å². The third-order valence-corrected chi connectivity index (χ3v) is 5.84. The van der Waals surface area contributed by atoms with Gasteiger partial charge in [0.15, 0.2) is 0 Å². The van der Waals surface area contributed by atoms with Crippen LogP contribution in [0.2, 0.25) is 0 Å². The summed E-state index contributed by atoms with van der Waals surface area (Å²) in [7, 11) is 1.61. The molecule has 1 unspecified atom stereocenters. The van der Waals surface area contributed by atoms with Crippen molar-refractivity contribution in [3.05, 3.63) is 53.2 Å². The minimum Gasteiger partial charge on any atom is -0.356 e. The Morgan fingerprint density at radius 3 is 2.65 bits per heavy atom. The van der Waals surface area contributed by atoms with Crippen molar-refractivity contribution >= 4 is 23.3 Å². The van der Waals surface area contributed by atoms with E-state index in [0.29, 0.717) is 23.4 Å². The Kier molecular flexibility index (Phi) is 6.06. The quantitative estimate of drug-likeness (QED) is 0.656. The van der Waals surface area contributed by atoms with Gasteiger partial charge in [-0.25, -0.2) is 4.98 Å². The monoisotopic (exact) mass is 424 g/mol. The molecule has 1 aromatic carbocycles. The third-order valence-electron chi connectivity index (χ3n) is 5.84. The number of rotatable bonds is 5. The number of aliphatic hydroxyl groups is 1. The van der Waals surface area contributed by atoms with E-state index in [9.17, 15) is 14.7 Å². The first kappa shape index (κ1) is 21.1. The molecule has 1 aromatic heterocycles. The number of carbonyl (C=O) groups excluding carboxylic acids is 2. The number of benzene rings is 1. The number of aliphatic hydroxyl groups excluding tert-OH is 1. The highest BCUT2D eigenvalue weighted by Gasteiger charge is 2.29. The number of fused-ring (bicyclic) bond motifs is 1. The summed E-state index contributed by atoms with van der Waals surface area (Å²) in [6.07, 6.45) is 0.613. The minimum absolute atomic E-state index is 0.139. The molecule has 3 heterocycles. The SMILES string of the molecule is CCN1C(=O)c2ccc(CN3CCN(c4ccc(C(=O)NC)cn4)CC3)cc2NC1O. The summed E-state index contributed by atoms with van der Waals surface area (Å²) < 4.78 is 0. The predicted molar refractivity (Wildman–Crippen MR) is 118 cm³/mol. The molecule has 2 amide bonds. The van der Waals surface area contributed by atoms with Crippen LogP contribution in [0.5, 0.6) is 0 Å². The van der Waals surface area contributed by atoms with Gasteiger partial charge >= 0.3 is 0 Å². The Labute approximate surface area is 181 Å². The number of amides is 2. The lowest BCUT2D eigenvalue weighted by atomic mass is 10.0. The Balaban J connectivity index is 1.36. The van der Waals surface area contributed by atoms with Crippen molar-refractivity contribution in [2.24, 2.45) is 0 Å². The highest BCUT2D eigenvalue weighted by molar-refractivity contribution is 6.01. The van der Waals surface area contributed by atoms with Gasteiger partial charge in [0.05, 0.1) is 16.8 Å². The number of carbonyl (C=O) groups is 2. The van der Waals surface area contributed by atoms with Gasteiger partial charge in [0.1, 0.15) is 5.82 Å². The second-order valence-corrected chi connectivity index (χ2v) is 7.74. The van der Waals surface area contributed by atoms with Crippen molar-refractivity contribution in [2.45, 2.75) is 19.8 Å². The van der Waals surface area contributed by atoms with E-state index >= 15 is 0 Å². The molecule has 1 fully saturated rings. The van der Waals surface area contributed by atoms with Gasteiger partial charge in [-0.2, -0.15) is 0 Å². The molecule has 31 heavy (non-hydrogen) atoms. The van der Waals surface area contributed by atoms with Crippen LogP contribution in [-0.4, -0.2) is 77.8 Å². The lowest BCUT2D eigenvalue weighted by molar-refractivity contribution is 0.0210. The van der Waals surface area contributed by atoms with E-state index in [4.69, 9.17) is 0 Å². The standard InChI is InChI=1S/C22H28N6O3/c1-3-28-21(30)17-6-4-15(12-18(17)25-22(28)31)14-26-8-10-27(11-9-26)19-7-5-16(13-24-19)20(29)23-2/h4-7,12-13,22,25,31H,3,8-11,14H2,1-2H3,(H,23,29). The average Bonchev–Trinajstić information content (AvgIpc) is 2.79. The van der Waals surface area contributed by atoms with Crippen LogP contribution in [-0.2, 0) is 6.54 Å². The zero-order valence-corrected chi connectivity index (χ0v) is 17.8. The summed E-state index contributed by atoms with van der Waals surface area (Å²) in [4.78, 5) is 34.6. The molecule has 4 rings (SSSR count). The van der Waals surface area contributed by atoms with Crippen LogP contribution < -0.4 is 15.5 Å². The van der Waals surface area contributed by atoms with Gasteiger partial charge in [0.25, 0.3) is 11.8 Å². The second kappa shape index (κ2) is 8.91. The number of piperazine rings is 1. The Bertz CT molecular complexity index is 956. The first-order valence-corrected chi connectivity index (χ1v) is 10.5. The van der Waals surface area contributed by atoms with Crippen LogP contribution in [0.3, 0.4) is 0 Å². The van der Waals surface area contributed by atoms with Crippen LogP contribution >= 0.6 is 0 Å². The van der Waals surface area contributed by atoms with Gasteiger partial charge in [-0.3, -0.25) is 19.4 Å². The average molecular weight is 425 g/mol. The van der Waals surface area contributed by atoms with Crippen LogP contribution in [0.4, 0.5) is 11.5 Å². The number of hydrogen-bond donors (Lipinski definition) is 3. The number of pyridine rings is 1. The molecule has 0 spiro atoms. The zero-order chi connectivity index (χ0) is 22.0. The normalized spacial score (nSPS) is 19.1. The van der Waals surface area contributed by atoms with Crippen molar-refractivity contribution in [3.63, 3.8) is 0 Å². The Morgan fingerprint density at radius 2 is 2.00 bits per heavy atom. The van der Waals surface area contributed by atoms with Crippen molar-refractivity contribution in [3.8, 4) is 0 Å². The van der Waals surface area contributed by atoms with Crippen molar-refractivity contribution < 1.29 is 14.7 Å². The summed E-state index contributed by atoms with van der Waals surface area (Å²) >= 11 is 0. The van der Waals surface area contributed by atoms with E-state index in [1.165, 1.54) is 4.90 Å². The molecule has 0 bridgehead atoms. The van der Waals surface area contributed by atoms with Gasteiger partial charge in [-0.05, 0) is 36.8 Å². The van der Waals surface area contributed by atoms with Crippen molar-refractivity contribution in [1.29, 1.82) is 0 Å². The molecular formula is C22H28N6O3. The fraction of sp³-hybridized carbons (Fsp3) is 0.409. The Hall–Kier alpha value is -3.17. The number of anilines is 2. The molecule has 9 heteroatoms. The first-order chi connectivity index (χ1) is 15.0. The topological polar surface area (TPSA) is 101 Å². The van der Waals surface area contributed by atoms with E-state index in [1.807, 2.05) is 31.2 Å². The summed E-state index contributed by atoms with van der Waals surface area (Å²) in [6.45, 7) is 6.52.